The minimum atomic E-state index is -0.715. The second kappa shape index (κ2) is 6.09. The highest BCUT2D eigenvalue weighted by Crippen LogP contribution is 2.27. The van der Waals surface area contributed by atoms with Gasteiger partial charge in [-0.05, 0) is 37.1 Å². The summed E-state index contributed by atoms with van der Waals surface area (Å²) in [4.78, 5) is 0. The van der Waals surface area contributed by atoms with Crippen LogP contribution >= 0.6 is 11.6 Å². The number of halogens is 3. The van der Waals surface area contributed by atoms with Gasteiger partial charge in [0.05, 0.1) is 10.7 Å². The van der Waals surface area contributed by atoms with E-state index in [0.717, 1.165) is 17.7 Å². The van der Waals surface area contributed by atoms with Gasteiger partial charge in [0.25, 0.3) is 0 Å². The van der Waals surface area contributed by atoms with Crippen LogP contribution in [0, 0.1) is 11.6 Å². The van der Waals surface area contributed by atoms with Gasteiger partial charge in [-0.25, -0.2) is 8.78 Å². The second-order valence-electron chi connectivity index (χ2n) is 4.66. The van der Waals surface area contributed by atoms with Crippen molar-refractivity contribution in [2.75, 3.05) is 5.32 Å². The van der Waals surface area contributed by atoms with E-state index in [4.69, 9.17) is 11.6 Å². The van der Waals surface area contributed by atoms with Crippen LogP contribution in [0.25, 0.3) is 0 Å². The molecule has 0 heterocycles. The maximum Gasteiger partial charge on any atom is 0.150 e. The third-order valence-corrected chi connectivity index (χ3v) is 3.17. The Morgan fingerprint density at radius 1 is 1.20 bits per heavy atom. The van der Waals surface area contributed by atoms with E-state index in [2.05, 4.69) is 5.32 Å². The molecule has 0 spiro atoms. The molecule has 1 unspecified atom stereocenters. The quantitative estimate of drug-likeness (QED) is 0.878. The van der Waals surface area contributed by atoms with Gasteiger partial charge in [0.15, 0.2) is 5.82 Å². The number of rotatable bonds is 4. The topological polar surface area (TPSA) is 32.3 Å². The van der Waals surface area contributed by atoms with Gasteiger partial charge in [-0.2, -0.15) is 0 Å². The Kier molecular flexibility index (Phi) is 4.45. The first-order chi connectivity index (χ1) is 9.45. The van der Waals surface area contributed by atoms with E-state index in [-0.39, 0.29) is 22.5 Å². The summed E-state index contributed by atoms with van der Waals surface area (Å²) in [6, 6.07) is 8.52. The van der Waals surface area contributed by atoms with E-state index >= 15 is 0 Å². The van der Waals surface area contributed by atoms with Crippen molar-refractivity contribution in [3.05, 3.63) is 58.6 Å². The van der Waals surface area contributed by atoms with Crippen molar-refractivity contribution in [3.63, 3.8) is 0 Å². The van der Waals surface area contributed by atoms with E-state index in [1.165, 1.54) is 0 Å². The molecule has 0 aromatic heterocycles. The van der Waals surface area contributed by atoms with Gasteiger partial charge in [0.1, 0.15) is 11.6 Å². The molecule has 2 rings (SSSR count). The van der Waals surface area contributed by atoms with Crippen LogP contribution in [-0.2, 0) is 6.42 Å². The Hall–Kier alpha value is -1.81. The predicted octanol–water partition coefficient (Wildman–Crippen LogP) is 4.37. The molecule has 0 saturated heterocycles. The SMILES string of the molecule is CC(Cc1ccc(O)cc1)Nc1c(F)cc(F)cc1Cl. The molecular weight excluding hydrogens is 284 g/mol. The van der Waals surface area contributed by atoms with Crippen molar-refractivity contribution in [1.82, 2.24) is 0 Å². The molecule has 2 aromatic rings. The largest absolute Gasteiger partial charge is 0.508 e. The highest BCUT2D eigenvalue weighted by Gasteiger charge is 2.12. The van der Waals surface area contributed by atoms with Crippen molar-refractivity contribution >= 4 is 17.3 Å². The Morgan fingerprint density at radius 2 is 1.85 bits per heavy atom. The van der Waals surface area contributed by atoms with Gasteiger partial charge >= 0.3 is 0 Å². The monoisotopic (exact) mass is 297 g/mol. The number of benzene rings is 2. The lowest BCUT2D eigenvalue weighted by Gasteiger charge is -2.17. The second-order valence-corrected chi connectivity index (χ2v) is 5.07. The van der Waals surface area contributed by atoms with E-state index in [1.807, 2.05) is 6.92 Å². The van der Waals surface area contributed by atoms with Crippen molar-refractivity contribution in [2.24, 2.45) is 0 Å². The molecule has 106 valence electrons. The summed E-state index contributed by atoms with van der Waals surface area (Å²) >= 11 is 5.83. The van der Waals surface area contributed by atoms with Crippen LogP contribution in [0.5, 0.6) is 5.75 Å². The summed E-state index contributed by atoms with van der Waals surface area (Å²) < 4.78 is 26.6. The van der Waals surface area contributed by atoms with Gasteiger partial charge in [-0.3, -0.25) is 0 Å². The first kappa shape index (κ1) is 14.6. The highest BCUT2D eigenvalue weighted by molar-refractivity contribution is 6.33. The zero-order valence-electron chi connectivity index (χ0n) is 10.8. The molecule has 5 heteroatoms. The van der Waals surface area contributed by atoms with Crippen LogP contribution in [0.4, 0.5) is 14.5 Å². The Balaban J connectivity index is 2.08. The summed E-state index contributed by atoms with van der Waals surface area (Å²) in [5, 5.41) is 12.2. The van der Waals surface area contributed by atoms with Gasteiger partial charge in [0, 0.05) is 12.1 Å². The van der Waals surface area contributed by atoms with Crippen molar-refractivity contribution < 1.29 is 13.9 Å². The zero-order chi connectivity index (χ0) is 14.7. The first-order valence-electron chi connectivity index (χ1n) is 6.14. The molecule has 0 fully saturated rings. The maximum atomic E-state index is 13.6. The minimum absolute atomic E-state index is 0.0139. The number of nitrogens with one attached hydrogen (secondary N) is 1. The zero-order valence-corrected chi connectivity index (χ0v) is 11.6. The summed E-state index contributed by atoms with van der Waals surface area (Å²) in [5.74, 6) is -1.22. The molecule has 0 aliphatic rings. The molecule has 2 aromatic carbocycles. The molecule has 0 radical (unpaired) electrons. The Bertz CT molecular complexity index is 578. The standard InChI is InChI=1S/C15H14ClF2NO/c1-9(6-10-2-4-12(20)5-3-10)19-15-13(16)7-11(17)8-14(15)18/h2-5,7-9,19-20H,6H2,1H3. The van der Waals surface area contributed by atoms with Gasteiger partial charge in [-0.15, -0.1) is 0 Å². The fraction of sp³-hybridized carbons (Fsp3) is 0.200. The fourth-order valence-electron chi connectivity index (χ4n) is 1.96. The Morgan fingerprint density at radius 3 is 2.45 bits per heavy atom. The number of anilines is 1. The number of aromatic hydroxyl groups is 1. The first-order valence-corrected chi connectivity index (χ1v) is 6.52. The lowest BCUT2D eigenvalue weighted by Crippen LogP contribution is -2.19. The van der Waals surface area contributed by atoms with Crippen LogP contribution in [0.15, 0.2) is 36.4 Å². The summed E-state index contributed by atoms with van der Waals surface area (Å²) in [6.07, 6.45) is 0.618. The van der Waals surface area contributed by atoms with E-state index < -0.39 is 11.6 Å². The molecule has 2 nitrogen and oxygen atoms in total. The molecule has 0 aliphatic heterocycles. The molecule has 1 atom stereocenters. The molecule has 0 bridgehead atoms. The minimum Gasteiger partial charge on any atom is -0.508 e. The van der Waals surface area contributed by atoms with Gasteiger partial charge in [0.2, 0.25) is 0 Å². The lowest BCUT2D eigenvalue weighted by atomic mass is 10.1. The average molecular weight is 298 g/mol. The molecule has 0 aliphatic carbocycles. The summed E-state index contributed by atoms with van der Waals surface area (Å²) in [7, 11) is 0. The molecule has 0 saturated carbocycles. The van der Waals surface area contributed by atoms with Crippen LogP contribution in [-0.4, -0.2) is 11.1 Å². The normalized spacial score (nSPS) is 12.2. The average Bonchev–Trinajstić information content (AvgIpc) is 2.36. The van der Waals surface area contributed by atoms with Gasteiger partial charge < -0.3 is 10.4 Å². The van der Waals surface area contributed by atoms with Crippen LogP contribution in [0.1, 0.15) is 12.5 Å². The number of phenolic OH excluding ortho intramolecular Hbond substituents is 1. The van der Waals surface area contributed by atoms with Crippen LogP contribution in [0.2, 0.25) is 5.02 Å². The molecular formula is C15H14ClF2NO. The highest BCUT2D eigenvalue weighted by atomic mass is 35.5. The molecule has 0 amide bonds. The van der Waals surface area contributed by atoms with Crippen LogP contribution < -0.4 is 5.32 Å². The molecule has 2 N–H and O–H groups in total. The Labute approximate surface area is 121 Å². The number of hydrogen-bond donors (Lipinski definition) is 2. The van der Waals surface area contributed by atoms with Crippen LogP contribution in [0.3, 0.4) is 0 Å². The van der Waals surface area contributed by atoms with Crippen molar-refractivity contribution in [1.29, 1.82) is 0 Å². The van der Waals surface area contributed by atoms with Gasteiger partial charge in [-0.1, -0.05) is 23.7 Å². The summed E-state index contributed by atoms with van der Waals surface area (Å²) in [5.41, 5.74) is 1.08. The van der Waals surface area contributed by atoms with E-state index in [1.54, 1.807) is 24.3 Å². The predicted molar refractivity (Wildman–Crippen MR) is 76.3 cm³/mol. The smallest absolute Gasteiger partial charge is 0.150 e. The maximum absolute atomic E-state index is 13.6. The number of hydrogen-bond acceptors (Lipinski definition) is 2. The summed E-state index contributed by atoms with van der Waals surface area (Å²) in [6.45, 7) is 1.87. The third-order valence-electron chi connectivity index (χ3n) is 2.88. The number of phenols is 1. The molecule has 20 heavy (non-hydrogen) atoms. The van der Waals surface area contributed by atoms with E-state index in [9.17, 15) is 13.9 Å². The van der Waals surface area contributed by atoms with Crippen molar-refractivity contribution in [2.45, 2.75) is 19.4 Å². The van der Waals surface area contributed by atoms with E-state index in [0.29, 0.717) is 6.42 Å². The third kappa shape index (κ3) is 3.61. The van der Waals surface area contributed by atoms with Crippen molar-refractivity contribution in [3.8, 4) is 5.75 Å². The fourth-order valence-corrected chi connectivity index (χ4v) is 2.21. The lowest BCUT2D eigenvalue weighted by molar-refractivity contribution is 0.475.